The van der Waals surface area contributed by atoms with E-state index in [2.05, 4.69) is 17.6 Å². The second-order valence-electron chi connectivity index (χ2n) is 5.86. The summed E-state index contributed by atoms with van der Waals surface area (Å²) in [4.78, 5) is 0. The van der Waals surface area contributed by atoms with Gasteiger partial charge in [0.05, 0.1) is 0 Å². The molecule has 1 saturated carbocycles. The molecule has 2 fully saturated rings. The molecule has 0 bridgehead atoms. The van der Waals surface area contributed by atoms with Crippen molar-refractivity contribution < 1.29 is 0 Å². The van der Waals surface area contributed by atoms with Gasteiger partial charge in [0, 0.05) is 12.6 Å². The predicted octanol–water partition coefficient (Wildman–Crippen LogP) is 2.69. The van der Waals surface area contributed by atoms with Gasteiger partial charge in [0.1, 0.15) is 0 Å². The molecular formula is C14H28N2. The first-order valence-corrected chi connectivity index (χ1v) is 7.29. The van der Waals surface area contributed by atoms with E-state index in [1.54, 1.807) is 0 Å². The van der Waals surface area contributed by atoms with Crippen molar-refractivity contribution in [3.05, 3.63) is 0 Å². The van der Waals surface area contributed by atoms with Gasteiger partial charge in [0.15, 0.2) is 0 Å². The van der Waals surface area contributed by atoms with Gasteiger partial charge in [0.2, 0.25) is 0 Å². The number of nitrogens with one attached hydrogen (secondary N) is 2. The molecule has 1 saturated heterocycles. The van der Waals surface area contributed by atoms with Gasteiger partial charge in [-0.1, -0.05) is 26.2 Å². The molecule has 0 aromatic carbocycles. The fourth-order valence-corrected chi connectivity index (χ4v) is 3.49. The molecule has 0 atom stereocenters. The number of hydrogen-bond donors (Lipinski definition) is 2. The van der Waals surface area contributed by atoms with Crippen LogP contribution in [0.1, 0.15) is 58.3 Å². The van der Waals surface area contributed by atoms with Gasteiger partial charge >= 0.3 is 0 Å². The zero-order valence-electron chi connectivity index (χ0n) is 10.9. The molecule has 1 aliphatic heterocycles. The minimum atomic E-state index is 0.614. The van der Waals surface area contributed by atoms with Crippen molar-refractivity contribution >= 4 is 0 Å². The van der Waals surface area contributed by atoms with Crippen LogP contribution >= 0.6 is 0 Å². The molecule has 2 nitrogen and oxygen atoms in total. The lowest BCUT2D eigenvalue weighted by Gasteiger charge is -2.38. The van der Waals surface area contributed by atoms with Gasteiger partial charge in [0.25, 0.3) is 0 Å². The van der Waals surface area contributed by atoms with Gasteiger partial charge in [-0.15, -0.1) is 0 Å². The van der Waals surface area contributed by atoms with E-state index in [-0.39, 0.29) is 0 Å². The summed E-state index contributed by atoms with van der Waals surface area (Å²) in [6.07, 6.45) is 11.2. The number of piperidine rings is 1. The third-order valence-corrected chi connectivity index (χ3v) is 4.57. The molecule has 0 amide bonds. The van der Waals surface area contributed by atoms with Crippen molar-refractivity contribution in [2.24, 2.45) is 5.41 Å². The van der Waals surface area contributed by atoms with Crippen LogP contribution in [0.2, 0.25) is 0 Å². The van der Waals surface area contributed by atoms with E-state index in [9.17, 15) is 0 Å². The molecule has 0 aromatic heterocycles. The average molecular weight is 224 g/mol. The summed E-state index contributed by atoms with van der Waals surface area (Å²) in [5, 5.41) is 7.35. The van der Waals surface area contributed by atoms with Crippen LogP contribution < -0.4 is 10.6 Å². The van der Waals surface area contributed by atoms with E-state index in [1.807, 2.05) is 0 Å². The second-order valence-corrected chi connectivity index (χ2v) is 5.86. The lowest BCUT2D eigenvalue weighted by atomic mass is 9.75. The van der Waals surface area contributed by atoms with Crippen LogP contribution in [0.5, 0.6) is 0 Å². The Hall–Kier alpha value is -0.0800. The molecule has 0 radical (unpaired) electrons. The molecule has 0 unspecified atom stereocenters. The topological polar surface area (TPSA) is 24.1 Å². The molecule has 94 valence electrons. The normalized spacial score (nSPS) is 26.1. The first-order chi connectivity index (χ1) is 7.85. The monoisotopic (exact) mass is 224 g/mol. The quantitative estimate of drug-likeness (QED) is 0.750. The second kappa shape index (κ2) is 6.02. The fraction of sp³-hybridized carbons (Fsp3) is 1.00. The van der Waals surface area contributed by atoms with Crippen molar-refractivity contribution in [2.75, 3.05) is 19.6 Å². The summed E-state index contributed by atoms with van der Waals surface area (Å²) in [7, 11) is 0. The molecule has 0 spiro atoms. The van der Waals surface area contributed by atoms with Crippen LogP contribution in [-0.4, -0.2) is 25.7 Å². The minimum Gasteiger partial charge on any atom is -0.317 e. The van der Waals surface area contributed by atoms with Gasteiger partial charge < -0.3 is 10.6 Å². The van der Waals surface area contributed by atoms with Crippen molar-refractivity contribution in [1.82, 2.24) is 10.6 Å². The Balaban J connectivity index is 1.80. The van der Waals surface area contributed by atoms with Gasteiger partial charge in [-0.25, -0.2) is 0 Å². The third kappa shape index (κ3) is 3.21. The van der Waals surface area contributed by atoms with Crippen LogP contribution in [-0.2, 0) is 0 Å². The molecular weight excluding hydrogens is 196 g/mol. The van der Waals surface area contributed by atoms with E-state index in [4.69, 9.17) is 0 Å². The van der Waals surface area contributed by atoms with Crippen LogP contribution in [0, 0.1) is 5.41 Å². The highest BCUT2D eigenvalue weighted by Gasteiger charge is 2.31. The highest BCUT2D eigenvalue weighted by molar-refractivity contribution is 4.88. The maximum Gasteiger partial charge on any atom is 0.00672 e. The molecule has 2 aliphatic rings. The number of hydrogen-bond acceptors (Lipinski definition) is 2. The summed E-state index contributed by atoms with van der Waals surface area (Å²) in [6, 6.07) is 0.837. The zero-order valence-corrected chi connectivity index (χ0v) is 10.9. The summed E-state index contributed by atoms with van der Waals surface area (Å²) >= 11 is 0. The van der Waals surface area contributed by atoms with Crippen LogP contribution in [0.3, 0.4) is 0 Å². The maximum atomic E-state index is 3.85. The van der Waals surface area contributed by atoms with Gasteiger partial charge in [-0.2, -0.15) is 0 Å². The highest BCUT2D eigenvalue weighted by atomic mass is 14.9. The van der Waals surface area contributed by atoms with Crippen molar-refractivity contribution in [3.63, 3.8) is 0 Å². The zero-order chi connectivity index (χ0) is 11.3. The van der Waals surface area contributed by atoms with Crippen LogP contribution in [0.25, 0.3) is 0 Å². The van der Waals surface area contributed by atoms with E-state index >= 15 is 0 Å². The maximum absolute atomic E-state index is 3.85. The highest BCUT2D eigenvalue weighted by Crippen LogP contribution is 2.33. The minimum absolute atomic E-state index is 0.614. The van der Waals surface area contributed by atoms with Crippen molar-refractivity contribution in [1.29, 1.82) is 0 Å². The Morgan fingerprint density at radius 2 is 1.88 bits per heavy atom. The number of rotatable bonds is 5. The van der Waals surface area contributed by atoms with Gasteiger partial charge in [-0.05, 0) is 50.6 Å². The Kier molecular flexibility index (Phi) is 4.66. The molecule has 2 rings (SSSR count). The molecule has 0 aromatic rings. The standard InChI is InChI=1S/C14H28N2/c1-2-7-14(8-10-15-11-9-14)12-16-13-5-3-4-6-13/h13,15-16H,2-12H2,1H3. The summed E-state index contributed by atoms with van der Waals surface area (Å²) in [6.45, 7) is 6.06. The predicted molar refractivity (Wildman–Crippen MR) is 69.7 cm³/mol. The van der Waals surface area contributed by atoms with Crippen LogP contribution in [0.4, 0.5) is 0 Å². The van der Waals surface area contributed by atoms with E-state index < -0.39 is 0 Å². The smallest absolute Gasteiger partial charge is 0.00672 e. The Bertz CT molecular complexity index is 185. The lowest BCUT2D eigenvalue weighted by molar-refractivity contribution is 0.170. The van der Waals surface area contributed by atoms with E-state index in [1.165, 1.54) is 71.0 Å². The van der Waals surface area contributed by atoms with Gasteiger partial charge in [-0.3, -0.25) is 0 Å². The first kappa shape index (κ1) is 12.4. The summed E-state index contributed by atoms with van der Waals surface area (Å²) in [5.74, 6) is 0. The lowest BCUT2D eigenvalue weighted by Crippen LogP contribution is -2.45. The molecule has 1 aliphatic carbocycles. The first-order valence-electron chi connectivity index (χ1n) is 7.29. The van der Waals surface area contributed by atoms with Crippen LogP contribution in [0.15, 0.2) is 0 Å². The van der Waals surface area contributed by atoms with Crippen molar-refractivity contribution in [3.8, 4) is 0 Å². The molecule has 2 N–H and O–H groups in total. The summed E-state index contributed by atoms with van der Waals surface area (Å²) in [5.41, 5.74) is 0.614. The SMILES string of the molecule is CCCC1(CNC2CCCC2)CCNCC1. The van der Waals surface area contributed by atoms with E-state index in [0.717, 1.165) is 6.04 Å². The average Bonchev–Trinajstić information content (AvgIpc) is 2.81. The van der Waals surface area contributed by atoms with Crippen molar-refractivity contribution in [2.45, 2.75) is 64.3 Å². The Morgan fingerprint density at radius 3 is 2.50 bits per heavy atom. The summed E-state index contributed by atoms with van der Waals surface area (Å²) < 4.78 is 0. The fourth-order valence-electron chi connectivity index (χ4n) is 3.49. The Morgan fingerprint density at radius 1 is 1.19 bits per heavy atom. The molecule has 1 heterocycles. The molecule has 16 heavy (non-hydrogen) atoms. The third-order valence-electron chi connectivity index (χ3n) is 4.57. The largest absolute Gasteiger partial charge is 0.317 e. The Labute approximate surface area is 101 Å². The molecule has 2 heteroatoms. The van der Waals surface area contributed by atoms with E-state index in [0.29, 0.717) is 5.41 Å².